The van der Waals surface area contributed by atoms with Gasteiger partial charge < -0.3 is 4.98 Å². The molecule has 1 fully saturated rings. The first-order chi connectivity index (χ1) is 11.1. The van der Waals surface area contributed by atoms with Gasteiger partial charge in [-0.15, -0.1) is 11.3 Å². The number of Topliss-reactive ketones (excluding diaryl/α,β-unsaturated/α-hetero) is 1. The molecule has 0 aliphatic carbocycles. The number of aromatic amines is 2. The van der Waals surface area contributed by atoms with Crippen molar-refractivity contribution in [1.82, 2.24) is 25.1 Å². The van der Waals surface area contributed by atoms with Gasteiger partial charge in [-0.1, -0.05) is 0 Å². The minimum absolute atomic E-state index is 0.132. The molecule has 4 heterocycles. The summed E-state index contributed by atoms with van der Waals surface area (Å²) in [6, 6.07) is 1.92. The molecule has 4 rings (SSSR count). The van der Waals surface area contributed by atoms with Crippen LogP contribution in [0.1, 0.15) is 17.9 Å². The predicted molar refractivity (Wildman–Crippen MR) is 87.5 cm³/mol. The molecular formula is C15H15N5O2S. The van der Waals surface area contributed by atoms with Gasteiger partial charge in [0.05, 0.1) is 24.8 Å². The first-order valence-electron chi connectivity index (χ1n) is 7.37. The molecule has 1 saturated heterocycles. The summed E-state index contributed by atoms with van der Waals surface area (Å²) in [7, 11) is 0. The van der Waals surface area contributed by atoms with Crippen molar-refractivity contribution in [2.45, 2.75) is 19.9 Å². The lowest BCUT2D eigenvalue weighted by molar-refractivity contribution is -0.116. The molecule has 2 N–H and O–H groups in total. The van der Waals surface area contributed by atoms with Crippen LogP contribution in [0.4, 0.5) is 0 Å². The summed E-state index contributed by atoms with van der Waals surface area (Å²) in [5.41, 5.74) is 2.51. The zero-order chi connectivity index (χ0) is 16.0. The van der Waals surface area contributed by atoms with Gasteiger partial charge in [0.25, 0.3) is 5.56 Å². The third kappa shape index (κ3) is 2.60. The van der Waals surface area contributed by atoms with E-state index >= 15 is 0 Å². The van der Waals surface area contributed by atoms with Crippen LogP contribution in [0.25, 0.3) is 20.7 Å². The van der Waals surface area contributed by atoms with Crippen molar-refractivity contribution < 1.29 is 4.79 Å². The Bertz CT molecular complexity index is 954. The number of nitrogens with one attached hydrogen (secondary N) is 2. The number of H-pyrrole nitrogens is 2. The number of carbonyl (C=O) groups excluding carboxylic acids is 1. The number of likely N-dealkylation sites (tertiary alicyclic amines) is 1. The number of hydrogen-bond acceptors (Lipinski definition) is 6. The van der Waals surface area contributed by atoms with Gasteiger partial charge in [0.15, 0.2) is 0 Å². The Kier molecular flexibility index (Phi) is 3.35. The van der Waals surface area contributed by atoms with E-state index in [1.807, 2.05) is 17.9 Å². The zero-order valence-corrected chi connectivity index (χ0v) is 13.4. The van der Waals surface area contributed by atoms with Gasteiger partial charge >= 0.3 is 0 Å². The molecule has 1 aliphatic heterocycles. The lowest BCUT2D eigenvalue weighted by Gasteiger charge is -2.12. The van der Waals surface area contributed by atoms with Gasteiger partial charge in [-0.3, -0.25) is 19.6 Å². The summed E-state index contributed by atoms with van der Waals surface area (Å²) in [6.45, 7) is 3.60. The number of aryl methyl sites for hydroxylation is 1. The molecule has 0 radical (unpaired) electrons. The van der Waals surface area contributed by atoms with Crippen molar-refractivity contribution in [2.75, 3.05) is 13.1 Å². The van der Waals surface area contributed by atoms with E-state index in [9.17, 15) is 9.59 Å². The normalized spacial score (nSPS) is 15.8. The summed E-state index contributed by atoms with van der Waals surface area (Å²) in [5.74, 6) is 0.840. The Balaban J connectivity index is 1.71. The first-order valence-corrected chi connectivity index (χ1v) is 8.19. The number of fused-ring (bicyclic) bond motifs is 1. The van der Waals surface area contributed by atoms with Crippen LogP contribution in [0.3, 0.4) is 0 Å². The van der Waals surface area contributed by atoms with E-state index in [1.54, 1.807) is 6.20 Å². The average molecular weight is 329 g/mol. The van der Waals surface area contributed by atoms with Crippen LogP contribution in [-0.2, 0) is 11.3 Å². The van der Waals surface area contributed by atoms with Gasteiger partial charge in [0, 0.05) is 29.1 Å². The molecule has 0 amide bonds. The average Bonchev–Trinajstić information content (AvgIpc) is 3.19. The lowest BCUT2D eigenvalue weighted by atomic mass is 10.2. The van der Waals surface area contributed by atoms with Crippen molar-refractivity contribution >= 4 is 27.3 Å². The maximum atomic E-state index is 12.3. The Morgan fingerprint density at radius 2 is 2.26 bits per heavy atom. The second kappa shape index (κ2) is 5.39. The highest BCUT2D eigenvalue weighted by molar-refractivity contribution is 7.22. The lowest BCUT2D eigenvalue weighted by Crippen LogP contribution is -2.23. The topological polar surface area (TPSA) is 94.7 Å². The molecule has 0 aromatic carbocycles. The van der Waals surface area contributed by atoms with Crippen LogP contribution in [0.5, 0.6) is 0 Å². The predicted octanol–water partition coefficient (Wildman–Crippen LogP) is 1.46. The van der Waals surface area contributed by atoms with E-state index in [2.05, 4.69) is 20.2 Å². The third-order valence-corrected chi connectivity index (χ3v) is 5.16. The highest BCUT2D eigenvalue weighted by Gasteiger charge is 2.20. The fourth-order valence-electron chi connectivity index (χ4n) is 2.83. The summed E-state index contributed by atoms with van der Waals surface area (Å²) >= 11 is 1.41. The van der Waals surface area contributed by atoms with E-state index in [-0.39, 0.29) is 11.3 Å². The number of rotatable bonds is 3. The molecule has 23 heavy (non-hydrogen) atoms. The van der Waals surface area contributed by atoms with Crippen LogP contribution in [-0.4, -0.2) is 43.9 Å². The van der Waals surface area contributed by atoms with Crippen LogP contribution in [0.15, 0.2) is 17.1 Å². The summed E-state index contributed by atoms with van der Waals surface area (Å²) < 4.78 is 0.613. The van der Waals surface area contributed by atoms with E-state index in [0.29, 0.717) is 35.6 Å². The molecule has 0 unspecified atom stereocenters. The zero-order valence-electron chi connectivity index (χ0n) is 12.5. The van der Waals surface area contributed by atoms with Gasteiger partial charge in [0.1, 0.15) is 16.3 Å². The van der Waals surface area contributed by atoms with Crippen molar-refractivity contribution in [3.8, 4) is 10.4 Å². The Morgan fingerprint density at radius 3 is 2.96 bits per heavy atom. The van der Waals surface area contributed by atoms with Crippen LogP contribution in [0, 0.1) is 6.92 Å². The minimum atomic E-state index is -0.132. The molecule has 3 aromatic heterocycles. The number of hydrogen-bond donors (Lipinski definition) is 2. The Morgan fingerprint density at radius 1 is 1.39 bits per heavy atom. The maximum Gasteiger partial charge on any atom is 0.268 e. The number of thiophene rings is 1. The van der Waals surface area contributed by atoms with Crippen LogP contribution >= 0.6 is 11.3 Å². The molecule has 0 spiro atoms. The Hall–Kier alpha value is -2.32. The number of nitrogens with zero attached hydrogens (tertiary/aromatic N) is 3. The number of carbonyl (C=O) groups is 1. The molecule has 118 valence electrons. The van der Waals surface area contributed by atoms with E-state index in [1.165, 1.54) is 11.3 Å². The molecule has 0 saturated carbocycles. The summed E-state index contributed by atoms with van der Waals surface area (Å²) in [5, 5.41) is 6.92. The number of ketones is 1. The van der Waals surface area contributed by atoms with Crippen LogP contribution in [0.2, 0.25) is 0 Å². The first kappa shape index (κ1) is 14.3. The van der Waals surface area contributed by atoms with Crippen molar-refractivity contribution in [1.29, 1.82) is 0 Å². The van der Waals surface area contributed by atoms with Crippen LogP contribution < -0.4 is 5.56 Å². The van der Waals surface area contributed by atoms with Gasteiger partial charge in [-0.25, -0.2) is 4.98 Å². The van der Waals surface area contributed by atoms with Gasteiger partial charge in [-0.05, 0) is 13.0 Å². The summed E-state index contributed by atoms with van der Waals surface area (Å²) in [4.78, 5) is 34.0. The van der Waals surface area contributed by atoms with Crippen molar-refractivity contribution in [2.24, 2.45) is 0 Å². The van der Waals surface area contributed by atoms with Gasteiger partial charge in [0.2, 0.25) is 0 Å². The molecule has 8 heteroatoms. The fraction of sp³-hybridized carbons (Fsp3) is 0.333. The second-order valence-electron chi connectivity index (χ2n) is 5.75. The van der Waals surface area contributed by atoms with Crippen molar-refractivity contribution in [3.05, 3.63) is 34.1 Å². The molecule has 1 aliphatic rings. The quantitative estimate of drug-likeness (QED) is 0.758. The minimum Gasteiger partial charge on any atom is -0.308 e. The standard InChI is InChI=1S/C15H15N5O2S/c1-8-10(5-16-19-8)12-4-11-14(23-12)15(22)18-13(17-11)7-20-3-2-9(21)6-20/h4-5H,2-3,6-7H2,1H3,(H,16,19)(H,17,18,22). The largest absolute Gasteiger partial charge is 0.308 e. The maximum absolute atomic E-state index is 12.3. The summed E-state index contributed by atoms with van der Waals surface area (Å²) in [6.07, 6.45) is 2.33. The molecular weight excluding hydrogens is 314 g/mol. The third-order valence-electron chi connectivity index (χ3n) is 4.01. The SMILES string of the molecule is Cc1[nH]ncc1-c1cc2nc(CN3CCC(=O)C3)[nH]c(=O)c2s1. The fourth-order valence-corrected chi connectivity index (χ4v) is 3.89. The molecule has 7 nitrogen and oxygen atoms in total. The second-order valence-corrected chi connectivity index (χ2v) is 6.80. The number of aromatic nitrogens is 4. The Labute approximate surface area is 135 Å². The smallest absolute Gasteiger partial charge is 0.268 e. The molecule has 0 atom stereocenters. The molecule has 0 bridgehead atoms. The highest BCUT2D eigenvalue weighted by Crippen LogP contribution is 2.31. The monoisotopic (exact) mass is 329 g/mol. The van der Waals surface area contributed by atoms with Gasteiger partial charge in [-0.2, -0.15) is 5.10 Å². The highest BCUT2D eigenvalue weighted by atomic mass is 32.1. The van der Waals surface area contributed by atoms with Crippen molar-refractivity contribution in [3.63, 3.8) is 0 Å². The van der Waals surface area contributed by atoms with E-state index in [4.69, 9.17) is 0 Å². The molecule has 3 aromatic rings. The van der Waals surface area contributed by atoms with E-state index in [0.717, 1.165) is 22.7 Å². The van der Waals surface area contributed by atoms with E-state index < -0.39 is 0 Å².